The first-order valence-electron chi connectivity index (χ1n) is 5.62. The van der Waals surface area contributed by atoms with E-state index < -0.39 is 5.97 Å². The Hall–Kier alpha value is -1.97. The van der Waals surface area contributed by atoms with Crippen molar-refractivity contribution in [2.75, 3.05) is 0 Å². The molecule has 0 amide bonds. The fourth-order valence-corrected chi connectivity index (χ4v) is 1.50. The molecular weight excluding hydrogens is 235 g/mol. The van der Waals surface area contributed by atoms with Crippen molar-refractivity contribution >= 4 is 17.8 Å². The Kier molecular flexibility index (Phi) is 4.77. The van der Waals surface area contributed by atoms with Crippen LogP contribution in [0.3, 0.4) is 0 Å². The number of hydrogen-bond acceptors (Lipinski definition) is 2. The highest BCUT2D eigenvalue weighted by atomic mass is 19.1. The van der Waals surface area contributed by atoms with E-state index in [1.165, 1.54) is 30.3 Å². The summed E-state index contributed by atoms with van der Waals surface area (Å²) in [5, 5.41) is 8.78. The topological polar surface area (TPSA) is 54.4 Å². The van der Waals surface area contributed by atoms with Crippen LogP contribution in [0.4, 0.5) is 4.39 Å². The lowest BCUT2D eigenvalue weighted by atomic mass is 9.96. The van der Waals surface area contributed by atoms with Gasteiger partial charge in [0.1, 0.15) is 5.82 Å². The number of hydrogen-bond donors (Lipinski definition) is 1. The van der Waals surface area contributed by atoms with Gasteiger partial charge in [0.2, 0.25) is 0 Å². The summed E-state index contributed by atoms with van der Waals surface area (Å²) >= 11 is 0. The lowest BCUT2D eigenvalue weighted by molar-refractivity contribution is -0.137. The van der Waals surface area contributed by atoms with Gasteiger partial charge in [-0.05, 0) is 23.8 Å². The van der Waals surface area contributed by atoms with E-state index in [4.69, 9.17) is 5.11 Å². The molecular formula is C14H15FO3. The Morgan fingerprint density at radius 3 is 2.28 bits per heavy atom. The van der Waals surface area contributed by atoms with E-state index in [9.17, 15) is 14.0 Å². The van der Waals surface area contributed by atoms with Crippen LogP contribution in [0.2, 0.25) is 0 Å². The van der Waals surface area contributed by atoms with Crippen LogP contribution >= 0.6 is 0 Å². The molecule has 0 atom stereocenters. The molecule has 0 aliphatic carbocycles. The average molecular weight is 250 g/mol. The zero-order valence-electron chi connectivity index (χ0n) is 10.3. The average Bonchev–Trinajstić information content (AvgIpc) is 2.29. The van der Waals surface area contributed by atoms with Gasteiger partial charge in [-0.25, -0.2) is 4.39 Å². The molecule has 1 aromatic carbocycles. The van der Waals surface area contributed by atoms with Crippen LogP contribution in [0, 0.1) is 11.7 Å². The van der Waals surface area contributed by atoms with Gasteiger partial charge in [0.15, 0.2) is 5.78 Å². The first kappa shape index (κ1) is 14.1. The maximum atomic E-state index is 12.7. The summed E-state index contributed by atoms with van der Waals surface area (Å²) in [6.07, 6.45) is 1.17. The van der Waals surface area contributed by atoms with Gasteiger partial charge in [-0.15, -0.1) is 0 Å². The normalized spacial score (nSPS) is 11.7. The predicted molar refractivity (Wildman–Crippen MR) is 66.5 cm³/mol. The van der Waals surface area contributed by atoms with Gasteiger partial charge in [0.05, 0.1) is 6.42 Å². The maximum Gasteiger partial charge on any atom is 0.307 e. The number of rotatable bonds is 5. The fraction of sp³-hybridized carbons (Fsp3) is 0.286. The van der Waals surface area contributed by atoms with Crippen LogP contribution in [-0.4, -0.2) is 16.9 Å². The number of benzene rings is 1. The molecule has 0 spiro atoms. The molecule has 4 heteroatoms. The zero-order valence-corrected chi connectivity index (χ0v) is 10.3. The molecule has 0 saturated carbocycles. The number of ketones is 1. The summed E-state index contributed by atoms with van der Waals surface area (Å²) in [4.78, 5) is 22.6. The molecule has 0 saturated heterocycles. The minimum absolute atomic E-state index is 0.207. The fourth-order valence-electron chi connectivity index (χ4n) is 1.50. The Morgan fingerprint density at radius 1 is 1.28 bits per heavy atom. The summed E-state index contributed by atoms with van der Waals surface area (Å²) in [6, 6.07) is 5.55. The molecule has 0 radical (unpaired) electrons. The van der Waals surface area contributed by atoms with Crippen LogP contribution in [0.1, 0.15) is 25.8 Å². The molecule has 0 aromatic heterocycles. The lowest BCUT2D eigenvalue weighted by Gasteiger charge is -2.07. The minimum atomic E-state index is -1.06. The molecule has 1 rings (SSSR count). The summed E-state index contributed by atoms with van der Waals surface area (Å²) < 4.78 is 12.7. The SMILES string of the molecule is CC(C)C(=O)C(=Cc1ccc(F)cc1)CC(=O)O. The molecule has 0 heterocycles. The highest BCUT2D eigenvalue weighted by Gasteiger charge is 2.16. The first-order chi connectivity index (χ1) is 8.40. The Labute approximate surface area is 105 Å². The maximum absolute atomic E-state index is 12.7. The van der Waals surface area contributed by atoms with Crippen LogP contribution in [0.5, 0.6) is 0 Å². The molecule has 0 fully saturated rings. The van der Waals surface area contributed by atoms with E-state index >= 15 is 0 Å². The van der Waals surface area contributed by atoms with Gasteiger partial charge in [-0.1, -0.05) is 26.0 Å². The number of carbonyl (C=O) groups is 2. The highest BCUT2D eigenvalue weighted by Crippen LogP contribution is 2.15. The van der Waals surface area contributed by atoms with E-state index in [-0.39, 0.29) is 29.5 Å². The van der Waals surface area contributed by atoms with E-state index in [0.29, 0.717) is 5.56 Å². The van der Waals surface area contributed by atoms with Crippen molar-refractivity contribution in [2.24, 2.45) is 5.92 Å². The second-order valence-electron chi connectivity index (χ2n) is 4.31. The lowest BCUT2D eigenvalue weighted by Crippen LogP contribution is -2.13. The van der Waals surface area contributed by atoms with Crippen molar-refractivity contribution in [2.45, 2.75) is 20.3 Å². The second-order valence-corrected chi connectivity index (χ2v) is 4.31. The van der Waals surface area contributed by atoms with Crippen molar-refractivity contribution in [1.82, 2.24) is 0 Å². The van der Waals surface area contributed by atoms with Gasteiger partial charge in [0, 0.05) is 11.5 Å². The third-order valence-electron chi connectivity index (χ3n) is 2.39. The molecule has 1 N–H and O–H groups in total. The van der Waals surface area contributed by atoms with Gasteiger partial charge in [-0.2, -0.15) is 0 Å². The summed E-state index contributed by atoms with van der Waals surface area (Å²) in [7, 11) is 0. The number of carboxylic acid groups (broad SMARTS) is 1. The molecule has 0 bridgehead atoms. The van der Waals surface area contributed by atoms with Crippen LogP contribution in [-0.2, 0) is 9.59 Å². The van der Waals surface area contributed by atoms with Gasteiger partial charge < -0.3 is 5.11 Å². The van der Waals surface area contributed by atoms with Crippen molar-refractivity contribution in [3.8, 4) is 0 Å². The van der Waals surface area contributed by atoms with Crippen molar-refractivity contribution in [1.29, 1.82) is 0 Å². The molecule has 0 aliphatic heterocycles. The molecule has 96 valence electrons. The van der Waals surface area contributed by atoms with Crippen LogP contribution in [0.15, 0.2) is 29.8 Å². The van der Waals surface area contributed by atoms with Crippen LogP contribution in [0.25, 0.3) is 6.08 Å². The number of Topliss-reactive ketones (excluding diaryl/α,β-unsaturated/α-hetero) is 1. The predicted octanol–water partition coefficient (Wildman–Crippen LogP) is 2.91. The molecule has 3 nitrogen and oxygen atoms in total. The monoisotopic (exact) mass is 250 g/mol. The van der Waals surface area contributed by atoms with E-state index in [0.717, 1.165) is 0 Å². The Balaban J connectivity index is 3.05. The van der Waals surface area contributed by atoms with E-state index in [2.05, 4.69) is 0 Å². The molecule has 0 aliphatic rings. The van der Waals surface area contributed by atoms with Gasteiger partial charge in [0.25, 0.3) is 0 Å². The number of halogens is 1. The summed E-state index contributed by atoms with van der Waals surface area (Å²) in [6.45, 7) is 3.42. The van der Waals surface area contributed by atoms with Gasteiger partial charge >= 0.3 is 5.97 Å². The number of carboxylic acids is 1. The smallest absolute Gasteiger partial charge is 0.307 e. The van der Waals surface area contributed by atoms with Crippen molar-refractivity contribution in [3.05, 3.63) is 41.2 Å². The molecule has 18 heavy (non-hydrogen) atoms. The second kappa shape index (κ2) is 6.10. The molecule has 1 aromatic rings. The van der Waals surface area contributed by atoms with Crippen molar-refractivity contribution < 1.29 is 19.1 Å². The third kappa shape index (κ3) is 4.13. The molecule has 0 unspecified atom stereocenters. The largest absolute Gasteiger partial charge is 0.481 e. The third-order valence-corrected chi connectivity index (χ3v) is 2.39. The number of carbonyl (C=O) groups excluding carboxylic acids is 1. The van der Waals surface area contributed by atoms with E-state index in [1.54, 1.807) is 13.8 Å². The standard InChI is InChI=1S/C14H15FO3/c1-9(2)14(18)11(8-13(16)17)7-10-3-5-12(15)6-4-10/h3-7,9H,8H2,1-2H3,(H,16,17). The van der Waals surface area contributed by atoms with Crippen LogP contribution < -0.4 is 0 Å². The Bertz CT molecular complexity index is 472. The van der Waals surface area contributed by atoms with Gasteiger partial charge in [-0.3, -0.25) is 9.59 Å². The summed E-state index contributed by atoms with van der Waals surface area (Å²) in [5.41, 5.74) is 0.839. The minimum Gasteiger partial charge on any atom is -0.481 e. The Morgan fingerprint density at radius 2 is 1.83 bits per heavy atom. The van der Waals surface area contributed by atoms with E-state index in [1.807, 2.05) is 0 Å². The van der Waals surface area contributed by atoms with Crippen molar-refractivity contribution in [3.63, 3.8) is 0 Å². The highest BCUT2D eigenvalue weighted by molar-refractivity contribution is 6.03. The summed E-state index contributed by atoms with van der Waals surface area (Å²) in [5.74, 6) is -1.91. The first-order valence-corrected chi connectivity index (χ1v) is 5.62. The zero-order chi connectivity index (χ0) is 13.7. The number of aliphatic carboxylic acids is 1. The quantitative estimate of drug-likeness (QED) is 0.817.